The molecule has 0 N–H and O–H groups in total. The zero-order valence-electron chi connectivity index (χ0n) is 13.1. The fourth-order valence-electron chi connectivity index (χ4n) is 3.98. The fraction of sp³-hybridized carbons (Fsp3) is 0.625. The Morgan fingerprint density at radius 3 is 2.61 bits per heavy atom. The molecule has 7 heteroatoms. The maximum Gasteiger partial charge on any atom is 0.231 e. The van der Waals surface area contributed by atoms with Crippen LogP contribution in [0.5, 0.6) is 0 Å². The van der Waals surface area contributed by atoms with E-state index in [2.05, 4.69) is 11.0 Å². The molecule has 124 valence electrons. The lowest BCUT2D eigenvalue weighted by Crippen LogP contribution is -2.67. The van der Waals surface area contributed by atoms with Crippen molar-refractivity contribution in [2.45, 2.75) is 11.8 Å². The summed E-state index contributed by atoms with van der Waals surface area (Å²) in [6, 6.07) is 0. The molecule has 0 spiro atoms. The highest BCUT2D eigenvalue weighted by atomic mass is 32.2. The first-order valence-electron chi connectivity index (χ1n) is 8.20. The van der Waals surface area contributed by atoms with Gasteiger partial charge in [-0.25, -0.2) is 0 Å². The number of allylic oxidation sites excluding steroid dienone is 1. The van der Waals surface area contributed by atoms with E-state index in [-0.39, 0.29) is 17.0 Å². The molecule has 4 saturated heterocycles. The van der Waals surface area contributed by atoms with Crippen LogP contribution in [0.15, 0.2) is 23.4 Å². The molecule has 6 nitrogen and oxygen atoms in total. The summed E-state index contributed by atoms with van der Waals surface area (Å²) in [7, 11) is 0. The van der Waals surface area contributed by atoms with Crippen LogP contribution in [0.1, 0.15) is 6.42 Å². The van der Waals surface area contributed by atoms with Crippen LogP contribution < -0.4 is 5.11 Å². The Morgan fingerprint density at radius 1 is 1.30 bits per heavy atom. The second-order valence-corrected chi connectivity index (χ2v) is 8.00. The van der Waals surface area contributed by atoms with Crippen LogP contribution in [0, 0.1) is 0 Å². The van der Waals surface area contributed by atoms with E-state index in [9.17, 15) is 14.7 Å². The summed E-state index contributed by atoms with van der Waals surface area (Å²) >= 11 is 1.64. The van der Waals surface area contributed by atoms with E-state index in [0.29, 0.717) is 17.7 Å². The highest BCUT2D eigenvalue weighted by molar-refractivity contribution is 8.00. The number of hydrogen-bond acceptors (Lipinski definition) is 5. The maximum absolute atomic E-state index is 11.7. The first-order chi connectivity index (χ1) is 11.1. The molecule has 0 unspecified atom stereocenters. The first kappa shape index (κ1) is 15.2. The van der Waals surface area contributed by atoms with Gasteiger partial charge in [-0.3, -0.25) is 14.6 Å². The number of carbonyl (C=O) groups is 2. The summed E-state index contributed by atoms with van der Waals surface area (Å²) in [5.41, 5.74) is 0.804. The van der Waals surface area contributed by atoms with E-state index in [4.69, 9.17) is 0 Å². The fourth-order valence-corrected chi connectivity index (χ4v) is 5.22. The van der Waals surface area contributed by atoms with Gasteiger partial charge in [0.05, 0.1) is 49.6 Å². The second kappa shape index (κ2) is 5.65. The smallest absolute Gasteiger partial charge is 0.231 e. The van der Waals surface area contributed by atoms with Gasteiger partial charge in [0.25, 0.3) is 0 Å². The SMILES string of the molecule is O=C([O-])C1=C(/C=C/C[N+]23CCN(CC2)CC3)CS[C@@H]2CC(=O)N12. The number of rotatable bonds is 4. The van der Waals surface area contributed by atoms with Crippen LogP contribution in [0.4, 0.5) is 0 Å². The first-order valence-corrected chi connectivity index (χ1v) is 9.25. The maximum atomic E-state index is 11.7. The van der Waals surface area contributed by atoms with Gasteiger partial charge in [0, 0.05) is 25.4 Å². The van der Waals surface area contributed by atoms with Crippen LogP contribution in [0.25, 0.3) is 0 Å². The number of β-lactam (4-membered cyclic amide) rings is 1. The third-order valence-electron chi connectivity index (χ3n) is 5.56. The lowest BCUT2D eigenvalue weighted by atomic mass is 10.1. The molecular formula is C16H21N3O3S. The van der Waals surface area contributed by atoms with E-state index in [0.717, 1.165) is 11.0 Å². The number of nitrogens with zero attached hydrogens (tertiary/aromatic N) is 3. The molecule has 1 amide bonds. The average Bonchev–Trinajstić information content (AvgIpc) is 2.56. The van der Waals surface area contributed by atoms with Crippen molar-refractivity contribution in [3.8, 4) is 0 Å². The number of amides is 1. The van der Waals surface area contributed by atoms with Crippen LogP contribution >= 0.6 is 11.8 Å². The van der Waals surface area contributed by atoms with Gasteiger partial charge in [0.1, 0.15) is 0 Å². The van der Waals surface area contributed by atoms with Crippen LogP contribution in [0.3, 0.4) is 0 Å². The Labute approximate surface area is 140 Å². The van der Waals surface area contributed by atoms with Gasteiger partial charge >= 0.3 is 0 Å². The van der Waals surface area contributed by atoms with Crippen LogP contribution in [0.2, 0.25) is 0 Å². The van der Waals surface area contributed by atoms with E-state index in [1.165, 1.54) is 44.2 Å². The van der Waals surface area contributed by atoms with Gasteiger partial charge in [-0.1, -0.05) is 6.08 Å². The number of hydrogen-bond donors (Lipinski definition) is 0. The van der Waals surface area contributed by atoms with Gasteiger partial charge in [-0.15, -0.1) is 11.8 Å². The van der Waals surface area contributed by atoms with E-state index in [1.54, 1.807) is 11.8 Å². The third-order valence-corrected chi connectivity index (χ3v) is 6.80. The van der Waals surface area contributed by atoms with Gasteiger partial charge in [0.15, 0.2) is 0 Å². The molecule has 0 radical (unpaired) electrons. The van der Waals surface area contributed by atoms with Crippen molar-refractivity contribution in [3.63, 3.8) is 0 Å². The monoisotopic (exact) mass is 335 g/mol. The van der Waals surface area contributed by atoms with Crippen molar-refractivity contribution in [2.24, 2.45) is 0 Å². The quantitative estimate of drug-likeness (QED) is 0.487. The predicted octanol–water partition coefficient (Wildman–Crippen LogP) is -1.00. The molecule has 5 aliphatic heterocycles. The zero-order chi connectivity index (χ0) is 16.0. The standard InChI is InChI=1S/C16H21N3O3S/c20-13-10-14-18(13)15(16(21)22)12(11-23-14)2-1-6-19-7-3-17(4-8-19)5-9-19/h1-2,14H,3-11H2/b2-1+/t14-/m1/s1. The Morgan fingerprint density at radius 2 is 2.00 bits per heavy atom. The average molecular weight is 335 g/mol. The van der Waals surface area contributed by atoms with Crippen molar-refractivity contribution >= 4 is 23.6 Å². The predicted molar refractivity (Wildman–Crippen MR) is 85.1 cm³/mol. The lowest BCUT2D eigenvalue weighted by molar-refractivity contribution is -0.935. The van der Waals surface area contributed by atoms with Crippen LogP contribution in [-0.4, -0.2) is 83.1 Å². The molecule has 0 aromatic carbocycles. The number of carboxylic acid groups (broad SMARTS) is 1. The minimum Gasteiger partial charge on any atom is -0.543 e. The van der Waals surface area contributed by atoms with E-state index in [1.807, 2.05) is 6.08 Å². The van der Waals surface area contributed by atoms with Crippen molar-refractivity contribution in [1.82, 2.24) is 9.80 Å². The summed E-state index contributed by atoms with van der Waals surface area (Å²) in [4.78, 5) is 27.1. The molecule has 5 rings (SSSR count). The number of carbonyl (C=O) groups excluding carboxylic acids is 2. The van der Waals surface area contributed by atoms with E-state index < -0.39 is 5.97 Å². The number of quaternary nitrogens is 1. The number of fused-ring (bicyclic) bond motifs is 4. The number of aliphatic carboxylic acids is 1. The topological polar surface area (TPSA) is 63.7 Å². The van der Waals surface area contributed by atoms with Crippen molar-refractivity contribution in [3.05, 3.63) is 23.4 Å². The second-order valence-electron chi connectivity index (χ2n) is 6.83. The summed E-state index contributed by atoms with van der Waals surface area (Å²) < 4.78 is 1.11. The molecule has 1 atom stereocenters. The summed E-state index contributed by atoms with van der Waals surface area (Å²) in [6.07, 6.45) is 4.45. The molecular weight excluding hydrogens is 314 g/mol. The largest absolute Gasteiger partial charge is 0.543 e. The molecule has 23 heavy (non-hydrogen) atoms. The van der Waals surface area contributed by atoms with Crippen molar-refractivity contribution < 1.29 is 19.2 Å². The highest BCUT2D eigenvalue weighted by Gasteiger charge is 2.43. The molecule has 2 bridgehead atoms. The van der Waals surface area contributed by atoms with Crippen LogP contribution in [-0.2, 0) is 9.59 Å². The summed E-state index contributed by atoms with van der Waals surface area (Å²) in [5, 5.41) is 11.5. The van der Waals surface area contributed by atoms with Gasteiger partial charge in [-0.05, 0) is 11.6 Å². The highest BCUT2D eigenvalue weighted by Crippen LogP contribution is 2.39. The molecule has 0 aromatic heterocycles. The Bertz CT molecular complexity index is 594. The summed E-state index contributed by atoms with van der Waals surface area (Å²) in [6.45, 7) is 7.98. The molecule has 0 saturated carbocycles. The normalized spacial score (nSPS) is 36.3. The Hall–Kier alpha value is -1.31. The molecule has 0 aliphatic carbocycles. The minimum atomic E-state index is -1.23. The van der Waals surface area contributed by atoms with Gasteiger partial charge in [0.2, 0.25) is 5.91 Å². The zero-order valence-corrected chi connectivity index (χ0v) is 13.9. The molecule has 4 fully saturated rings. The molecule has 5 aliphatic rings. The molecule has 0 aromatic rings. The number of carboxylic acids is 1. The molecule has 5 heterocycles. The van der Waals surface area contributed by atoms with E-state index >= 15 is 0 Å². The van der Waals surface area contributed by atoms with Crippen molar-refractivity contribution in [1.29, 1.82) is 0 Å². The summed E-state index contributed by atoms with van der Waals surface area (Å²) in [5.74, 6) is -0.704. The third kappa shape index (κ3) is 2.60. The minimum absolute atomic E-state index is 0.00963. The lowest BCUT2D eigenvalue weighted by Gasteiger charge is -2.50. The number of thioether (sulfide) groups is 1. The van der Waals surface area contributed by atoms with Gasteiger partial charge < -0.3 is 14.4 Å². The van der Waals surface area contributed by atoms with Gasteiger partial charge in [-0.2, -0.15) is 0 Å². The van der Waals surface area contributed by atoms with Crippen molar-refractivity contribution in [2.75, 3.05) is 51.6 Å². The Kier molecular flexibility index (Phi) is 3.74. The Balaban J connectivity index is 1.51. The number of piperazine rings is 3.